The lowest BCUT2D eigenvalue weighted by Gasteiger charge is -2.11. The highest BCUT2D eigenvalue weighted by Gasteiger charge is 2.29. The lowest BCUT2D eigenvalue weighted by Crippen LogP contribution is -2.06. The Morgan fingerprint density at radius 2 is 1.44 bits per heavy atom. The Kier molecular flexibility index (Phi) is 2.84. The van der Waals surface area contributed by atoms with Crippen LogP contribution >= 0.6 is 7.92 Å². The SMILES string of the molecule is Cc1cc(C)c(P2C=C2c2ccccc2)c(C)c1. The summed E-state index contributed by atoms with van der Waals surface area (Å²) >= 11 is 0. The first kappa shape index (κ1) is 11.7. The quantitative estimate of drug-likeness (QED) is 0.678. The summed E-state index contributed by atoms with van der Waals surface area (Å²) < 4.78 is 0. The molecule has 0 fully saturated rings. The van der Waals surface area contributed by atoms with Crippen molar-refractivity contribution in [2.45, 2.75) is 20.8 Å². The van der Waals surface area contributed by atoms with Gasteiger partial charge in [-0.15, -0.1) is 0 Å². The third-order valence-corrected chi connectivity index (χ3v) is 5.72. The van der Waals surface area contributed by atoms with Crippen LogP contribution < -0.4 is 5.30 Å². The second kappa shape index (κ2) is 4.37. The molecule has 0 aromatic heterocycles. The Morgan fingerprint density at radius 1 is 0.833 bits per heavy atom. The largest absolute Gasteiger partial charge is 0.0622 e. The molecule has 0 saturated heterocycles. The molecule has 1 unspecified atom stereocenters. The lowest BCUT2D eigenvalue weighted by molar-refractivity contribution is 1.36. The summed E-state index contributed by atoms with van der Waals surface area (Å²) in [6, 6.07) is 15.4. The minimum Gasteiger partial charge on any atom is -0.0622 e. The highest BCUT2D eigenvalue weighted by atomic mass is 31.1. The molecule has 0 bridgehead atoms. The molecule has 0 aliphatic carbocycles. The van der Waals surface area contributed by atoms with Gasteiger partial charge < -0.3 is 0 Å². The van der Waals surface area contributed by atoms with Crippen molar-refractivity contribution in [3.8, 4) is 0 Å². The Morgan fingerprint density at radius 3 is 2.06 bits per heavy atom. The first-order valence-electron chi connectivity index (χ1n) is 6.31. The fourth-order valence-corrected chi connectivity index (χ4v) is 4.85. The highest BCUT2D eigenvalue weighted by molar-refractivity contribution is 7.86. The minimum absolute atomic E-state index is 0.148. The number of hydrogen-bond donors (Lipinski definition) is 0. The molecule has 1 aliphatic rings. The molecule has 0 spiro atoms. The van der Waals surface area contributed by atoms with E-state index >= 15 is 0 Å². The summed E-state index contributed by atoms with van der Waals surface area (Å²) in [5.74, 6) is 2.44. The van der Waals surface area contributed by atoms with Crippen molar-refractivity contribution < 1.29 is 0 Å². The van der Waals surface area contributed by atoms with Gasteiger partial charge >= 0.3 is 0 Å². The molecule has 0 saturated carbocycles. The van der Waals surface area contributed by atoms with Gasteiger partial charge in [0, 0.05) is 0 Å². The van der Waals surface area contributed by atoms with Gasteiger partial charge in [-0.3, -0.25) is 0 Å². The zero-order chi connectivity index (χ0) is 12.7. The molecule has 2 aromatic carbocycles. The average Bonchev–Trinajstić information content (AvgIpc) is 3.09. The van der Waals surface area contributed by atoms with Crippen molar-refractivity contribution in [1.29, 1.82) is 0 Å². The zero-order valence-corrected chi connectivity index (χ0v) is 12.0. The topological polar surface area (TPSA) is 0 Å². The van der Waals surface area contributed by atoms with E-state index in [0.29, 0.717) is 0 Å². The number of aryl methyl sites for hydroxylation is 3. The van der Waals surface area contributed by atoms with Crippen LogP contribution in [-0.2, 0) is 0 Å². The van der Waals surface area contributed by atoms with Crippen molar-refractivity contribution in [1.82, 2.24) is 0 Å². The molecular weight excluding hydrogens is 235 g/mol. The Balaban J connectivity index is 1.93. The minimum atomic E-state index is -0.148. The smallest absolute Gasteiger partial charge is 0.00726 e. The van der Waals surface area contributed by atoms with Crippen molar-refractivity contribution in [3.05, 3.63) is 70.5 Å². The fourth-order valence-electron chi connectivity index (χ4n) is 2.65. The van der Waals surface area contributed by atoms with Crippen molar-refractivity contribution in [2.24, 2.45) is 0 Å². The highest BCUT2D eigenvalue weighted by Crippen LogP contribution is 2.66. The summed E-state index contributed by atoms with van der Waals surface area (Å²) in [6.45, 7) is 6.66. The third kappa shape index (κ3) is 2.02. The van der Waals surface area contributed by atoms with Crippen LogP contribution in [0.5, 0.6) is 0 Å². The van der Waals surface area contributed by atoms with Crippen LogP contribution in [0.25, 0.3) is 5.31 Å². The Bertz CT molecular complexity index is 600. The van der Waals surface area contributed by atoms with Crippen LogP contribution in [0.3, 0.4) is 0 Å². The van der Waals surface area contributed by atoms with Crippen LogP contribution in [0.15, 0.2) is 48.3 Å². The first-order chi connectivity index (χ1) is 8.66. The molecule has 1 atom stereocenters. The van der Waals surface area contributed by atoms with E-state index in [-0.39, 0.29) is 7.92 Å². The zero-order valence-electron chi connectivity index (χ0n) is 11.1. The van der Waals surface area contributed by atoms with E-state index < -0.39 is 0 Å². The van der Waals surface area contributed by atoms with E-state index in [1.165, 1.54) is 22.3 Å². The molecule has 3 rings (SSSR count). The van der Waals surface area contributed by atoms with E-state index in [4.69, 9.17) is 0 Å². The molecule has 1 heterocycles. The second-order valence-electron chi connectivity index (χ2n) is 5.00. The van der Waals surface area contributed by atoms with E-state index in [1.807, 2.05) is 0 Å². The normalized spacial score (nSPS) is 17.5. The molecular formula is C17H17P. The molecule has 0 N–H and O–H groups in total. The monoisotopic (exact) mass is 252 g/mol. The summed E-state index contributed by atoms with van der Waals surface area (Å²) in [6.07, 6.45) is 0. The van der Waals surface area contributed by atoms with Gasteiger partial charge in [0.15, 0.2) is 0 Å². The molecule has 1 aliphatic heterocycles. The predicted octanol–water partition coefficient (Wildman–Crippen LogP) is 4.73. The van der Waals surface area contributed by atoms with Gasteiger partial charge in [-0.2, -0.15) is 0 Å². The van der Waals surface area contributed by atoms with E-state index in [1.54, 1.807) is 10.6 Å². The van der Waals surface area contributed by atoms with Crippen LogP contribution in [-0.4, -0.2) is 0 Å². The molecule has 0 radical (unpaired) electrons. The second-order valence-corrected chi connectivity index (χ2v) is 6.92. The summed E-state index contributed by atoms with van der Waals surface area (Å²) in [5, 5.41) is 3.11. The van der Waals surface area contributed by atoms with Gasteiger partial charge in [0.05, 0.1) is 0 Å². The molecule has 2 aromatic rings. The maximum atomic E-state index is 2.44. The van der Waals surface area contributed by atoms with E-state index in [0.717, 1.165) is 0 Å². The molecule has 1 heteroatoms. The Hall–Kier alpha value is -1.39. The molecule has 18 heavy (non-hydrogen) atoms. The van der Waals surface area contributed by atoms with Gasteiger partial charge in [-0.1, -0.05) is 48.0 Å². The third-order valence-electron chi connectivity index (χ3n) is 3.39. The number of benzene rings is 2. The number of hydrogen-bond acceptors (Lipinski definition) is 0. The Labute approximate surface area is 110 Å². The van der Waals surface area contributed by atoms with Gasteiger partial charge in [-0.05, 0) is 61.8 Å². The predicted molar refractivity (Wildman–Crippen MR) is 81.6 cm³/mol. The van der Waals surface area contributed by atoms with Gasteiger partial charge in [0.2, 0.25) is 0 Å². The van der Waals surface area contributed by atoms with Crippen LogP contribution in [0.4, 0.5) is 0 Å². The number of rotatable bonds is 2. The van der Waals surface area contributed by atoms with Crippen molar-refractivity contribution in [3.63, 3.8) is 0 Å². The summed E-state index contributed by atoms with van der Waals surface area (Å²) in [5.41, 5.74) is 5.65. The molecule has 0 amide bonds. The van der Waals surface area contributed by atoms with E-state index in [2.05, 4.69) is 69.1 Å². The maximum Gasteiger partial charge on any atom is -0.00726 e. The van der Waals surface area contributed by atoms with E-state index in [9.17, 15) is 0 Å². The maximum absolute atomic E-state index is 2.44. The van der Waals surface area contributed by atoms with Gasteiger partial charge in [0.25, 0.3) is 0 Å². The van der Waals surface area contributed by atoms with Gasteiger partial charge in [0.1, 0.15) is 0 Å². The van der Waals surface area contributed by atoms with Crippen LogP contribution in [0, 0.1) is 20.8 Å². The average molecular weight is 252 g/mol. The van der Waals surface area contributed by atoms with Gasteiger partial charge in [-0.25, -0.2) is 0 Å². The molecule has 0 nitrogen and oxygen atoms in total. The summed E-state index contributed by atoms with van der Waals surface area (Å²) in [4.78, 5) is 0. The standard InChI is InChI=1S/C17H17P/c1-12-9-13(2)17(14(3)10-12)18-11-16(18)15-7-5-4-6-8-15/h4-11H,1-3H3. The van der Waals surface area contributed by atoms with Crippen LogP contribution in [0.2, 0.25) is 0 Å². The lowest BCUT2D eigenvalue weighted by atomic mass is 10.1. The van der Waals surface area contributed by atoms with Crippen LogP contribution in [0.1, 0.15) is 22.3 Å². The summed E-state index contributed by atoms with van der Waals surface area (Å²) in [7, 11) is -0.148. The van der Waals surface area contributed by atoms with Crippen molar-refractivity contribution in [2.75, 3.05) is 0 Å². The van der Waals surface area contributed by atoms with Crippen molar-refractivity contribution >= 4 is 18.5 Å². The first-order valence-corrected chi connectivity index (χ1v) is 7.72. The fraction of sp³-hybridized carbons (Fsp3) is 0.176. The molecule has 90 valence electrons.